The van der Waals surface area contributed by atoms with Gasteiger partial charge in [0.15, 0.2) is 0 Å². The number of amides is 2. The van der Waals surface area contributed by atoms with Crippen molar-refractivity contribution in [1.82, 2.24) is 9.80 Å². The van der Waals surface area contributed by atoms with Crippen LogP contribution in [0.4, 0.5) is 4.79 Å². The van der Waals surface area contributed by atoms with Gasteiger partial charge in [-0.15, -0.1) is 0 Å². The van der Waals surface area contributed by atoms with Gasteiger partial charge in [-0.05, 0) is 59.8 Å². The first kappa shape index (κ1) is 18.0. The SMILES string of the molecule is C[C@H](N)C(=O)N(C[C@@H]1CCCCN1C(=O)OC(C)(C)C)C1CC1. The molecule has 1 saturated carbocycles. The molecule has 1 heterocycles. The van der Waals surface area contributed by atoms with Gasteiger partial charge >= 0.3 is 6.09 Å². The van der Waals surface area contributed by atoms with E-state index < -0.39 is 11.6 Å². The largest absolute Gasteiger partial charge is 0.444 e. The van der Waals surface area contributed by atoms with Gasteiger partial charge in [0.05, 0.1) is 12.1 Å². The van der Waals surface area contributed by atoms with Crippen LogP contribution in [0.3, 0.4) is 0 Å². The summed E-state index contributed by atoms with van der Waals surface area (Å²) in [6, 6.07) is -0.160. The van der Waals surface area contributed by atoms with Crippen molar-refractivity contribution in [2.75, 3.05) is 13.1 Å². The van der Waals surface area contributed by atoms with Gasteiger partial charge in [-0.1, -0.05) is 0 Å². The summed E-state index contributed by atoms with van der Waals surface area (Å²) in [6.07, 6.45) is 4.78. The van der Waals surface area contributed by atoms with Gasteiger partial charge in [-0.2, -0.15) is 0 Å². The normalized spacial score (nSPS) is 23.3. The van der Waals surface area contributed by atoms with Gasteiger partial charge in [-0.25, -0.2) is 4.79 Å². The lowest BCUT2D eigenvalue weighted by atomic mass is 10.0. The number of carbonyl (C=O) groups excluding carboxylic acids is 2. The highest BCUT2D eigenvalue weighted by Crippen LogP contribution is 2.30. The summed E-state index contributed by atoms with van der Waals surface area (Å²) in [5, 5.41) is 0. The van der Waals surface area contributed by atoms with Crippen LogP contribution in [0.1, 0.15) is 59.8 Å². The third kappa shape index (κ3) is 5.09. The van der Waals surface area contributed by atoms with E-state index in [1.807, 2.05) is 25.7 Å². The molecule has 0 aromatic carbocycles. The number of nitrogens with zero attached hydrogens (tertiary/aromatic N) is 2. The number of rotatable bonds is 4. The van der Waals surface area contributed by atoms with Crippen LogP contribution >= 0.6 is 0 Å². The molecular formula is C17H31N3O3. The first-order valence-electron chi connectivity index (χ1n) is 8.74. The van der Waals surface area contributed by atoms with Crippen molar-refractivity contribution in [3.05, 3.63) is 0 Å². The Balaban J connectivity index is 2.05. The smallest absolute Gasteiger partial charge is 0.410 e. The summed E-state index contributed by atoms with van der Waals surface area (Å²) < 4.78 is 5.53. The van der Waals surface area contributed by atoms with E-state index in [1.54, 1.807) is 11.8 Å². The molecule has 2 fully saturated rings. The number of nitrogens with two attached hydrogens (primary N) is 1. The van der Waals surface area contributed by atoms with E-state index in [2.05, 4.69) is 0 Å². The summed E-state index contributed by atoms with van der Waals surface area (Å²) in [5.41, 5.74) is 5.29. The summed E-state index contributed by atoms with van der Waals surface area (Å²) in [7, 11) is 0. The number of carbonyl (C=O) groups is 2. The quantitative estimate of drug-likeness (QED) is 0.859. The molecule has 23 heavy (non-hydrogen) atoms. The molecule has 6 nitrogen and oxygen atoms in total. The predicted octanol–water partition coefficient (Wildman–Crippen LogP) is 2.11. The van der Waals surface area contributed by atoms with E-state index in [0.717, 1.165) is 32.1 Å². The van der Waals surface area contributed by atoms with Gasteiger partial charge in [-0.3, -0.25) is 4.79 Å². The molecule has 0 bridgehead atoms. The van der Waals surface area contributed by atoms with E-state index >= 15 is 0 Å². The molecule has 132 valence electrons. The van der Waals surface area contributed by atoms with E-state index in [-0.39, 0.29) is 18.0 Å². The number of ether oxygens (including phenoxy) is 1. The van der Waals surface area contributed by atoms with Crippen LogP contribution in [0.25, 0.3) is 0 Å². The number of hydrogen-bond acceptors (Lipinski definition) is 4. The predicted molar refractivity (Wildman–Crippen MR) is 89.0 cm³/mol. The number of piperidine rings is 1. The lowest BCUT2D eigenvalue weighted by Gasteiger charge is -2.39. The lowest BCUT2D eigenvalue weighted by Crippen LogP contribution is -2.54. The van der Waals surface area contributed by atoms with Crippen LogP contribution in [-0.2, 0) is 9.53 Å². The Kier molecular flexibility index (Phi) is 5.55. The topological polar surface area (TPSA) is 75.9 Å². The van der Waals surface area contributed by atoms with Gasteiger partial charge in [0.25, 0.3) is 0 Å². The maximum Gasteiger partial charge on any atom is 0.410 e. The molecular weight excluding hydrogens is 294 g/mol. The van der Waals surface area contributed by atoms with Crippen LogP contribution < -0.4 is 5.73 Å². The van der Waals surface area contributed by atoms with E-state index in [1.165, 1.54) is 0 Å². The van der Waals surface area contributed by atoms with Crippen molar-refractivity contribution in [3.63, 3.8) is 0 Å². The van der Waals surface area contributed by atoms with Crippen molar-refractivity contribution in [1.29, 1.82) is 0 Å². The molecule has 2 atom stereocenters. The second-order valence-corrected chi connectivity index (χ2v) is 7.83. The fourth-order valence-corrected chi connectivity index (χ4v) is 3.05. The summed E-state index contributed by atoms with van der Waals surface area (Å²) >= 11 is 0. The van der Waals surface area contributed by atoms with Crippen molar-refractivity contribution >= 4 is 12.0 Å². The molecule has 1 aliphatic carbocycles. The third-order valence-electron chi connectivity index (χ3n) is 4.32. The van der Waals surface area contributed by atoms with Crippen LogP contribution in [0.5, 0.6) is 0 Å². The molecule has 2 amide bonds. The minimum atomic E-state index is -0.503. The van der Waals surface area contributed by atoms with Gasteiger partial charge in [0.1, 0.15) is 5.60 Å². The molecule has 1 aliphatic heterocycles. The Bertz CT molecular complexity index is 441. The second-order valence-electron chi connectivity index (χ2n) is 7.83. The zero-order valence-corrected chi connectivity index (χ0v) is 14.9. The molecule has 0 aromatic heterocycles. The summed E-state index contributed by atoms with van der Waals surface area (Å²) in [6.45, 7) is 8.62. The van der Waals surface area contributed by atoms with Gasteiger partial charge in [0.2, 0.25) is 5.91 Å². The van der Waals surface area contributed by atoms with E-state index in [0.29, 0.717) is 19.1 Å². The Morgan fingerprint density at radius 3 is 2.43 bits per heavy atom. The fourth-order valence-electron chi connectivity index (χ4n) is 3.05. The first-order valence-corrected chi connectivity index (χ1v) is 8.74. The monoisotopic (exact) mass is 325 g/mol. The molecule has 6 heteroatoms. The van der Waals surface area contributed by atoms with Crippen LogP contribution in [0, 0.1) is 0 Å². The third-order valence-corrected chi connectivity index (χ3v) is 4.32. The minimum Gasteiger partial charge on any atom is -0.444 e. The van der Waals surface area contributed by atoms with Crippen LogP contribution in [0.15, 0.2) is 0 Å². The highest BCUT2D eigenvalue weighted by molar-refractivity contribution is 5.82. The van der Waals surface area contributed by atoms with Crippen molar-refractivity contribution in [3.8, 4) is 0 Å². The van der Waals surface area contributed by atoms with Crippen molar-refractivity contribution in [2.24, 2.45) is 5.73 Å². The average molecular weight is 325 g/mol. The highest BCUT2D eigenvalue weighted by atomic mass is 16.6. The summed E-state index contributed by atoms with van der Waals surface area (Å²) in [5.74, 6) is -0.0118. The highest BCUT2D eigenvalue weighted by Gasteiger charge is 2.38. The maximum atomic E-state index is 12.5. The molecule has 0 radical (unpaired) electrons. The molecule has 0 spiro atoms. The fraction of sp³-hybridized carbons (Fsp3) is 0.882. The molecule has 0 unspecified atom stereocenters. The van der Waals surface area contributed by atoms with E-state index in [4.69, 9.17) is 10.5 Å². The standard InChI is InChI=1S/C17H31N3O3/c1-12(18)15(21)20(13-8-9-13)11-14-7-5-6-10-19(14)16(22)23-17(2,3)4/h12-14H,5-11,18H2,1-4H3/t12-,14-/m0/s1. The van der Waals surface area contributed by atoms with Gasteiger partial charge < -0.3 is 20.3 Å². The first-order chi connectivity index (χ1) is 10.7. The second kappa shape index (κ2) is 7.07. The zero-order chi connectivity index (χ0) is 17.2. The number of likely N-dealkylation sites (tertiary alicyclic amines) is 1. The zero-order valence-electron chi connectivity index (χ0n) is 14.9. The number of hydrogen-bond donors (Lipinski definition) is 1. The maximum absolute atomic E-state index is 12.5. The Labute approximate surface area is 139 Å². The van der Waals surface area contributed by atoms with Gasteiger partial charge in [0, 0.05) is 19.1 Å². The Morgan fingerprint density at radius 2 is 1.91 bits per heavy atom. The average Bonchev–Trinajstić information content (AvgIpc) is 3.27. The van der Waals surface area contributed by atoms with Crippen LogP contribution in [-0.4, -0.2) is 58.6 Å². The molecule has 1 saturated heterocycles. The Morgan fingerprint density at radius 1 is 1.26 bits per heavy atom. The molecule has 2 aliphatic rings. The van der Waals surface area contributed by atoms with Crippen molar-refractivity contribution in [2.45, 2.75) is 83.5 Å². The van der Waals surface area contributed by atoms with Crippen LogP contribution in [0.2, 0.25) is 0 Å². The molecule has 2 N–H and O–H groups in total. The van der Waals surface area contributed by atoms with Crippen molar-refractivity contribution < 1.29 is 14.3 Å². The lowest BCUT2D eigenvalue weighted by molar-refractivity contribution is -0.133. The molecule has 2 rings (SSSR count). The minimum absolute atomic E-state index is 0.0118. The Hall–Kier alpha value is -1.30. The summed E-state index contributed by atoms with van der Waals surface area (Å²) in [4.78, 5) is 28.5. The molecule has 0 aromatic rings. The van der Waals surface area contributed by atoms with E-state index in [9.17, 15) is 9.59 Å².